The lowest BCUT2D eigenvalue weighted by molar-refractivity contribution is 0.115. The number of furan rings is 1. The lowest BCUT2D eigenvalue weighted by Gasteiger charge is -2.23. The fourth-order valence-corrected chi connectivity index (χ4v) is 3.30. The van der Waals surface area contributed by atoms with E-state index in [1.807, 2.05) is 19.2 Å². The highest BCUT2D eigenvalue weighted by Gasteiger charge is 2.21. The molecule has 29 heavy (non-hydrogen) atoms. The van der Waals surface area contributed by atoms with Crippen molar-refractivity contribution in [2.45, 2.75) is 32.5 Å². The third-order valence-electron chi connectivity index (χ3n) is 5.20. The van der Waals surface area contributed by atoms with Crippen LogP contribution in [0, 0.1) is 5.92 Å². The highest BCUT2D eigenvalue weighted by Crippen LogP contribution is 2.28. The second-order valence-corrected chi connectivity index (χ2v) is 7.86. The van der Waals surface area contributed by atoms with Crippen LogP contribution in [0.4, 0.5) is 0 Å². The summed E-state index contributed by atoms with van der Waals surface area (Å²) >= 11 is 0. The van der Waals surface area contributed by atoms with Crippen molar-refractivity contribution in [1.29, 1.82) is 0 Å². The van der Waals surface area contributed by atoms with Crippen LogP contribution in [0.15, 0.2) is 52.1 Å². The Hall–Kier alpha value is -2.31. The first-order valence-electron chi connectivity index (χ1n) is 10.4. The van der Waals surface area contributed by atoms with Crippen molar-refractivity contribution in [2.75, 3.05) is 40.9 Å². The minimum atomic E-state index is 0.738. The maximum atomic E-state index is 5.75. The Bertz CT molecular complexity index is 756. The van der Waals surface area contributed by atoms with Gasteiger partial charge in [-0.3, -0.25) is 9.89 Å². The number of nitrogens with zero attached hydrogens (tertiary/aromatic N) is 3. The zero-order valence-corrected chi connectivity index (χ0v) is 17.9. The van der Waals surface area contributed by atoms with Crippen molar-refractivity contribution in [1.82, 2.24) is 15.1 Å². The molecular formula is C23H34N4O2. The molecule has 6 heteroatoms. The Morgan fingerprint density at radius 3 is 2.62 bits per heavy atom. The Morgan fingerprint density at radius 1 is 1.14 bits per heavy atom. The number of likely N-dealkylation sites (N-methyl/N-ethyl adjacent to an activating group) is 1. The summed E-state index contributed by atoms with van der Waals surface area (Å²) in [6.07, 6.45) is 4.38. The van der Waals surface area contributed by atoms with E-state index in [4.69, 9.17) is 9.15 Å². The monoisotopic (exact) mass is 398 g/mol. The molecule has 1 heterocycles. The van der Waals surface area contributed by atoms with Gasteiger partial charge in [0.1, 0.15) is 5.76 Å². The second kappa shape index (κ2) is 11.0. The lowest BCUT2D eigenvalue weighted by atomic mass is 10.1. The van der Waals surface area contributed by atoms with Crippen molar-refractivity contribution < 1.29 is 9.15 Å². The summed E-state index contributed by atoms with van der Waals surface area (Å²) < 4.78 is 11.2. The Balaban J connectivity index is 1.48. The first kappa shape index (κ1) is 21.4. The van der Waals surface area contributed by atoms with Crippen LogP contribution in [0.25, 0.3) is 0 Å². The third kappa shape index (κ3) is 7.22. The normalized spacial score (nSPS) is 14.4. The molecule has 158 valence electrons. The molecule has 0 spiro atoms. The van der Waals surface area contributed by atoms with Gasteiger partial charge in [0.2, 0.25) is 0 Å². The molecule has 1 aromatic heterocycles. The van der Waals surface area contributed by atoms with Gasteiger partial charge in [0, 0.05) is 40.3 Å². The molecule has 6 nitrogen and oxygen atoms in total. The molecule has 0 unspecified atom stereocenters. The van der Waals surface area contributed by atoms with Gasteiger partial charge in [-0.15, -0.1) is 0 Å². The van der Waals surface area contributed by atoms with Gasteiger partial charge in [-0.25, -0.2) is 0 Å². The summed E-state index contributed by atoms with van der Waals surface area (Å²) in [4.78, 5) is 8.81. The van der Waals surface area contributed by atoms with E-state index < -0.39 is 0 Å². The van der Waals surface area contributed by atoms with E-state index >= 15 is 0 Å². The molecule has 1 aromatic carbocycles. The average Bonchev–Trinajstić information content (AvgIpc) is 3.41. The van der Waals surface area contributed by atoms with Crippen molar-refractivity contribution in [3.8, 4) is 0 Å². The molecule has 0 atom stereocenters. The Kier molecular flexibility index (Phi) is 8.14. The summed E-state index contributed by atoms with van der Waals surface area (Å²) in [6.45, 7) is 4.87. The topological polar surface area (TPSA) is 53.2 Å². The van der Waals surface area contributed by atoms with Gasteiger partial charge in [0.05, 0.1) is 19.4 Å². The van der Waals surface area contributed by atoms with E-state index in [2.05, 4.69) is 58.5 Å². The number of guanidine groups is 1. The maximum absolute atomic E-state index is 5.75. The molecule has 0 bridgehead atoms. The van der Waals surface area contributed by atoms with E-state index in [-0.39, 0.29) is 0 Å². The van der Waals surface area contributed by atoms with Crippen LogP contribution in [-0.2, 0) is 24.4 Å². The van der Waals surface area contributed by atoms with Crippen LogP contribution in [0.3, 0.4) is 0 Å². The van der Waals surface area contributed by atoms with E-state index in [9.17, 15) is 0 Å². The molecule has 1 fully saturated rings. The van der Waals surface area contributed by atoms with Crippen molar-refractivity contribution in [2.24, 2.45) is 10.9 Å². The van der Waals surface area contributed by atoms with Gasteiger partial charge in [0.15, 0.2) is 5.96 Å². The second-order valence-electron chi connectivity index (χ2n) is 7.86. The molecule has 0 aliphatic heterocycles. The fraction of sp³-hybridized carbons (Fsp3) is 0.522. The molecule has 1 aliphatic rings. The van der Waals surface area contributed by atoms with Crippen LogP contribution in [0.2, 0.25) is 0 Å². The van der Waals surface area contributed by atoms with Crippen LogP contribution < -0.4 is 5.32 Å². The number of nitrogens with one attached hydrogen (secondary N) is 1. The van der Waals surface area contributed by atoms with E-state index in [0.29, 0.717) is 0 Å². The number of hydrogen-bond acceptors (Lipinski definition) is 4. The Morgan fingerprint density at radius 2 is 1.93 bits per heavy atom. The minimum absolute atomic E-state index is 0.738. The SMILES string of the molecule is CN=C(NCc1ccccc1CN(C)Cc1ccco1)N(C)CCOCC1CC1. The lowest BCUT2D eigenvalue weighted by Crippen LogP contribution is -2.40. The van der Waals surface area contributed by atoms with Gasteiger partial charge in [-0.05, 0) is 49.1 Å². The summed E-state index contributed by atoms with van der Waals surface area (Å²) in [7, 11) is 5.99. The summed E-state index contributed by atoms with van der Waals surface area (Å²) in [5.41, 5.74) is 2.58. The van der Waals surface area contributed by atoms with Gasteiger partial charge in [-0.2, -0.15) is 0 Å². The predicted molar refractivity (Wildman–Crippen MR) is 117 cm³/mol. The molecule has 3 rings (SSSR count). The molecule has 0 saturated heterocycles. The van der Waals surface area contributed by atoms with Crippen molar-refractivity contribution in [3.05, 3.63) is 59.5 Å². The standard InChI is InChI=1S/C23H34N4O2/c1-24-23(27(3)12-14-28-18-19-10-11-19)25-15-20-7-4-5-8-21(20)16-26(2)17-22-9-6-13-29-22/h4-9,13,19H,10-12,14-18H2,1-3H3,(H,24,25). The first-order valence-corrected chi connectivity index (χ1v) is 10.4. The Labute approximate surface area is 174 Å². The van der Waals surface area contributed by atoms with Gasteiger partial charge >= 0.3 is 0 Å². The van der Waals surface area contributed by atoms with E-state index in [1.165, 1.54) is 24.0 Å². The van der Waals surface area contributed by atoms with Gasteiger partial charge in [-0.1, -0.05) is 24.3 Å². The number of rotatable bonds is 11. The van der Waals surface area contributed by atoms with Crippen molar-refractivity contribution in [3.63, 3.8) is 0 Å². The largest absolute Gasteiger partial charge is 0.468 e. The third-order valence-corrected chi connectivity index (χ3v) is 5.20. The molecule has 0 amide bonds. The minimum Gasteiger partial charge on any atom is -0.468 e. The van der Waals surface area contributed by atoms with Crippen LogP contribution in [-0.4, -0.2) is 56.7 Å². The molecule has 0 radical (unpaired) electrons. The molecular weight excluding hydrogens is 364 g/mol. The predicted octanol–water partition coefficient (Wildman–Crippen LogP) is 3.35. The summed E-state index contributed by atoms with van der Waals surface area (Å²) in [5, 5.41) is 3.49. The van der Waals surface area contributed by atoms with Crippen LogP contribution in [0.5, 0.6) is 0 Å². The molecule has 1 saturated carbocycles. The van der Waals surface area contributed by atoms with E-state index in [1.54, 1.807) is 6.26 Å². The number of aliphatic imine (C=N–C) groups is 1. The zero-order valence-electron chi connectivity index (χ0n) is 17.9. The van der Waals surface area contributed by atoms with Crippen LogP contribution in [0.1, 0.15) is 29.7 Å². The summed E-state index contributed by atoms with van der Waals surface area (Å²) in [6, 6.07) is 12.5. The summed E-state index contributed by atoms with van der Waals surface area (Å²) in [5.74, 6) is 2.67. The van der Waals surface area contributed by atoms with Crippen molar-refractivity contribution >= 4 is 5.96 Å². The van der Waals surface area contributed by atoms with Gasteiger partial charge < -0.3 is 19.4 Å². The van der Waals surface area contributed by atoms with E-state index in [0.717, 1.165) is 57.0 Å². The quantitative estimate of drug-likeness (QED) is 0.357. The fourth-order valence-electron chi connectivity index (χ4n) is 3.30. The van der Waals surface area contributed by atoms with Gasteiger partial charge in [0.25, 0.3) is 0 Å². The smallest absolute Gasteiger partial charge is 0.193 e. The number of ether oxygens (including phenoxy) is 1. The average molecular weight is 399 g/mol. The highest BCUT2D eigenvalue weighted by atomic mass is 16.5. The first-order chi connectivity index (χ1) is 14.2. The number of hydrogen-bond donors (Lipinski definition) is 1. The molecule has 1 N–H and O–H groups in total. The maximum Gasteiger partial charge on any atom is 0.193 e. The van der Waals surface area contributed by atoms with Crippen LogP contribution >= 0.6 is 0 Å². The molecule has 1 aliphatic carbocycles. The number of benzene rings is 1. The molecule has 2 aromatic rings. The highest BCUT2D eigenvalue weighted by molar-refractivity contribution is 5.79. The zero-order chi connectivity index (χ0) is 20.5.